The zero-order valence-electron chi connectivity index (χ0n) is 30.4. The van der Waals surface area contributed by atoms with Crippen molar-refractivity contribution in [2.75, 3.05) is 0 Å². The molecule has 6 aromatic rings. The number of halogens is 8. The maximum atomic E-state index is 14.8. The highest BCUT2D eigenvalue weighted by molar-refractivity contribution is 9.10. The fourth-order valence-electron chi connectivity index (χ4n) is 6.02. The molecule has 1 unspecified atom stereocenters. The minimum absolute atomic E-state index is 0.0559. The number of aromatic hydroxyl groups is 1. The normalized spacial score (nSPS) is 15.5. The Labute approximate surface area is 383 Å². The van der Waals surface area contributed by atoms with Crippen LogP contribution in [0.2, 0.25) is 20.1 Å². The number of aromatic nitrogens is 2. The van der Waals surface area contributed by atoms with Crippen LogP contribution in [0.5, 0.6) is 11.5 Å². The summed E-state index contributed by atoms with van der Waals surface area (Å²) >= 11 is 33.8. The maximum Gasteiger partial charge on any atom is 0.226 e. The molecule has 9 rings (SSSR count). The quantitative estimate of drug-likeness (QED) is 0.111. The SMILES string of the molecule is Fc1cc(Cl)cc2c1C(Cc1cc(Cl)ccc1Br)=NC(c1cnc(C3CC3)s1)O2.N=C(Cc1cc(Cl)ccc1Br)c1c(O)cc(Cl)cc1F.O=Cc1cnc(C2CC2)s1. The first-order valence-electron chi connectivity index (χ1n) is 18.0. The first kappa shape index (κ1) is 43.8. The van der Waals surface area contributed by atoms with Crippen LogP contribution in [0.15, 0.2) is 87.0 Å². The van der Waals surface area contributed by atoms with Crippen molar-refractivity contribution in [3.8, 4) is 11.5 Å². The van der Waals surface area contributed by atoms with Crippen LogP contribution in [0.3, 0.4) is 0 Å². The molecule has 0 amide bonds. The number of phenolic OH excluding ortho intramolecular Hbond substituents is 1. The van der Waals surface area contributed by atoms with E-state index in [1.165, 1.54) is 49.2 Å². The van der Waals surface area contributed by atoms with E-state index in [1.807, 2.05) is 18.3 Å². The molecule has 7 nitrogen and oxygen atoms in total. The smallest absolute Gasteiger partial charge is 0.226 e. The van der Waals surface area contributed by atoms with Crippen molar-refractivity contribution in [3.05, 3.63) is 156 Å². The van der Waals surface area contributed by atoms with Crippen molar-refractivity contribution in [1.29, 1.82) is 5.41 Å². The third-order valence-electron chi connectivity index (χ3n) is 9.19. The van der Waals surface area contributed by atoms with Gasteiger partial charge in [-0.15, -0.1) is 22.7 Å². The number of fused-ring (bicyclic) bond motifs is 1. The standard InChI is InChI=1S/C21H14BrCl2FN2OS.C14H9BrCl2FNO.C7H7NOS/c22-14-4-3-12(23)5-11(14)6-16-19-15(25)7-13(24)8-17(19)28-20(27-16)18-9-26-21(29-18)10-1-2-10;15-10-2-1-8(16)3-7(10)4-12(19)14-11(18)5-9(17)6-13(14)20;9-4-6-3-8-7(10-6)5-1-2-5/h3-5,7-10,20H,1-2,6H2;1-3,5-6,19-20H,4H2;3-5H,1-2H2. The van der Waals surface area contributed by atoms with Gasteiger partial charge in [-0.3, -0.25) is 4.79 Å². The number of phenols is 1. The molecule has 3 aliphatic rings. The Kier molecular flexibility index (Phi) is 14.3. The molecule has 0 radical (unpaired) electrons. The van der Waals surface area contributed by atoms with Gasteiger partial charge in [-0.1, -0.05) is 78.3 Å². The van der Waals surface area contributed by atoms with Gasteiger partial charge in [0.15, 0.2) is 6.29 Å². The van der Waals surface area contributed by atoms with Crippen molar-refractivity contribution in [3.63, 3.8) is 0 Å². The molecule has 1 aliphatic heterocycles. The molecule has 1 atom stereocenters. The first-order chi connectivity index (χ1) is 28.3. The lowest BCUT2D eigenvalue weighted by atomic mass is 9.99. The third kappa shape index (κ3) is 11.2. The summed E-state index contributed by atoms with van der Waals surface area (Å²) in [5, 5.41) is 21.5. The first-order valence-corrected chi connectivity index (χ1v) is 22.7. The summed E-state index contributed by atoms with van der Waals surface area (Å²) in [5.74, 6) is 0.104. The molecule has 0 spiro atoms. The second-order valence-electron chi connectivity index (χ2n) is 13.8. The molecular formula is C42H30Br2Cl4F2N4O3S2. The van der Waals surface area contributed by atoms with E-state index in [0.717, 1.165) is 52.2 Å². The number of rotatable bonds is 9. The van der Waals surface area contributed by atoms with E-state index in [0.29, 0.717) is 45.3 Å². The Balaban J connectivity index is 0.000000151. The number of ether oxygens (including phenoxy) is 1. The highest BCUT2D eigenvalue weighted by Crippen LogP contribution is 2.45. The molecule has 3 heterocycles. The molecule has 4 aromatic carbocycles. The van der Waals surface area contributed by atoms with Crippen LogP contribution in [0.25, 0.3) is 0 Å². The van der Waals surface area contributed by atoms with E-state index >= 15 is 0 Å². The number of benzene rings is 4. The van der Waals surface area contributed by atoms with Crippen LogP contribution in [-0.2, 0) is 12.8 Å². The van der Waals surface area contributed by atoms with Crippen molar-refractivity contribution in [2.45, 2.75) is 56.6 Å². The molecule has 2 fully saturated rings. The molecule has 2 saturated carbocycles. The highest BCUT2D eigenvalue weighted by Gasteiger charge is 2.32. The van der Waals surface area contributed by atoms with Crippen molar-refractivity contribution in [1.82, 2.24) is 9.97 Å². The molecule has 2 N–H and O–H groups in total. The number of carbonyl (C=O) groups is 1. The lowest BCUT2D eigenvalue weighted by Crippen LogP contribution is -2.20. The van der Waals surface area contributed by atoms with Gasteiger partial charge in [0.2, 0.25) is 6.23 Å². The van der Waals surface area contributed by atoms with E-state index in [2.05, 4.69) is 41.8 Å². The number of thiazole rings is 2. The zero-order chi connectivity index (χ0) is 42.0. The van der Waals surface area contributed by atoms with Crippen LogP contribution in [0.1, 0.15) is 90.6 Å². The average Bonchev–Trinajstić information content (AvgIpc) is 4.12. The van der Waals surface area contributed by atoms with Gasteiger partial charge in [-0.2, -0.15) is 0 Å². The summed E-state index contributed by atoms with van der Waals surface area (Å²) in [6, 6.07) is 15.9. The van der Waals surface area contributed by atoms with Crippen LogP contribution >= 0.6 is 101 Å². The average molecular weight is 1040 g/mol. The number of nitrogens with zero attached hydrogens (tertiary/aromatic N) is 3. The number of aliphatic imine (C=N–C) groups is 1. The number of carbonyl (C=O) groups excluding carboxylic acids is 1. The Hall–Kier alpha value is -3.27. The monoisotopic (exact) mass is 1040 g/mol. The Morgan fingerprint density at radius 1 is 0.814 bits per heavy atom. The minimum atomic E-state index is -0.724. The van der Waals surface area contributed by atoms with Crippen LogP contribution < -0.4 is 4.74 Å². The van der Waals surface area contributed by atoms with Gasteiger partial charge in [-0.05, 0) is 97.5 Å². The van der Waals surface area contributed by atoms with E-state index in [4.69, 9.17) is 61.5 Å². The van der Waals surface area contributed by atoms with E-state index in [-0.39, 0.29) is 33.5 Å². The molecule has 17 heteroatoms. The lowest BCUT2D eigenvalue weighted by molar-refractivity contribution is 0.112. The van der Waals surface area contributed by atoms with Gasteiger partial charge in [-0.25, -0.2) is 23.7 Å². The number of hydrogen-bond acceptors (Lipinski definition) is 9. The molecule has 2 aliphatic carbocycles. The van der Waals surface area contributed by atoms with Gasteiger partial charge in [0, 0.05) is 71.8 Å². The minimum Gasteiger partial charge on any atom is -0.507 e. The summed E-state index contributed by atoms with van der Waals surface area (Å²) in [4.78, 5) is 25.3. The second kappa shape index (κ2) is 19.2. The second-order valence-corrected chi connectivity index (χ2v) is 19.4. The molecule has 2 aromatic heterocycles. The predicted octanol–water partition coefficient (Wildman–Crippen LogP) is 14.4. The van der Waals surface area contributed by atoms with Crippen LogP contribution in [0.4, 0.5) is 8.78 Å². The Bertz CT molecular complexity index is 2580. The molecule has 304 valence electrons. The number of aldehydes is 1. The van der Waals surface area contributed by atoms with E-state index in [1.54, 1.807) is 47.9 Å². The fraction of sp³-hybridized carbons (Fsp3) is 0.214. The molecule has 0 bridgehead atoms. The van der Waals surface area contributed by atoms with Crippen LogP contribution in [-0.4, -0.2) is 32.8 Å². The van der Waals surface area contributed by atoms with Gasteiger partial charge >= 0.3 is 0 Å². The van der Waals surface area contributed by atoms with E-state index < -0.39 is 17.9 Å². The number of nitrogens with one attached hydrogen (secondary N) is 1. The molecular weight excluding hydrogens is 1010 g/mol. The predicted molar refractivity (Wildman–Crippen MR) is 240 cm³/mol. The zero-order valence-corrected chi connectivity index (χ0v) is 38.3. The van der Waals surface area contributed by atoms with Gasteiger partial charge in [0.1, 0.15) is 23.1 Å². The van der Waals surface area contributed by atoms with E-state index in [9.17, 15) is 18.7 Å². The molecule has 59 heavy (non-hydrogen) atoms. The fourth-order valence-corrected chi connectivity index (χ4v) is 9.53. The van der Waals surface area contributed by atoms with Gasteiger partial charge < -0.3 is 15.3 Å². The third-order valence-corrected chi connectivity index (χ3v) is 13.9. The number of hydrogen-bond donors (Lipinski definition) is 2. The van der Waals surface area contributed by atoms with Crippen molar-refractivity contribution >= 4 is 119 Å². The largest absolute Gasteiger partial charge is 0.507 e. The van der Waals surface area contributed by atoms with Gasteiger partial charge in [0.05, 0.1) is 36.6 Å². The topological polar surface area (TPSA) is 109 Å². The summed E-state index contributed by atoms with van der Waals surface area (Å²) in [7, 11) is 0. The summed E-state index contributed by atoms with van der Waals surface area (Å²) in [5.41, 5.74) is 2.37. The summed E-state index contributed by atoms with van der Waals surface area (Å²) < 4.78 is 36.3. The summed E-state index contributed by atoms with van der Waals surface area (Å²) in [6.45, 7) is 0. The Morgan fingerprint density at radius 2 is 1.41 bits per heavy atom. The maximum absolute atomic E-state index is 14.8. The van der Waals surface area contributed by atoms with Crippen molar-refractivity contribution < 1.29 is 23.4 Å². The lowest BCUT2D eigenvalue weighted by Gasteiger charge is -2.25. The summed E-state index contributed by atoms with van der Waals surface area (Å²) in [6.07, 6.45) is 9.17. The Morgan fingerprint density at radius 3 is 2.03 bits per heavy atom. The van der Waals surface area contributed by atoms with Crippen LogP contribution in [0, 0.1) is 17.0 Å². The highest BCUT2D eigenvalue weighted by atomic mass is 79.9. The van der Waals surface area contributed by atoms with Crippen molar-refractivity contribution in [2.24, 2.45) is 4.99 Å². The molecule has 0 saturated heterocycles. The van der Waals surface area contributed by atoms with Gasteiger partial charge in [0.25, 0.3) is 0 Å².